The first kappa shape index (κ1) is 17.7. The van der Waals surface area contributed by atoms with Gasteiger partial charge in [0.1, 0.15) is 0 Å². The van der Waals surface area contributed by atoms with E-state index in [1.165, 1.54) is 0 Å². The van der Waals surface area contributed by atoms with E-state index in [-0.39, 0.29) is 18.4 Å². The fraction of sp³-hybridized carbons (Fsp3) is 0.263. The van der Waals surface area contributed by atoms with Crippen molar-refractivity contribution in [1.29, 1.82) is 0 Å². The molecule has 0 saturated heterocycles. The van der Waals surface area contributed by atoms with Gasteiger partial charge in [-0.3, -0.25) is 9.59 Å². The van der Waals surface area contributed by atoms with Gasteiger partial charge in [0.05, 0.1) is 0 Å². The highest BCUT2D eigenvalue weighted by molar-refractivity contribution is 6.04. The first-order chi connectivity index (χ1) is 11.5. The maximum Gasteiger partial charge on any atom is 0.255 e. The van der Waals surface area contributed by atoms with Crippen molar-refractivity contribution < 1.29 is 14.7 Å². The third kappa shape index (κ3) is 4.93. The van der Waals surface area contributed by atoms with Gasteiger partial charge in [0, 0.05) is 30.0 Å². The number of carbonyl (C=O) groups excluding carboxylic acids is 2. The van der Waals surface area contributed by atoms with Gasteiger partial charge in [0.15, 0.2) is 0 Å². The van der Waals surface area contributed by atoms with Gasteiger partial charge in [-0.25, -0.2) is 0 Å². The number of rotatable bonds is 6. The van der Waals surface area contributed by atoms with Crippen LogP contribution in [0.2, 0.25) is 0 Å². The zero-order valence-electron chi connectivity index (χ0n) is 13.9. The molecule has 0 aromatic heterocycles. The monoisotopic (exact) mass is 326 g/mol. The second-order valence-electron chi connectivity index (χ2n) is 5.74. The first-order valence-electron chi connectivity index (χ1n) is 7.88. The molecule has 126 valence electrons. The highest BCUT2D eigenvalue weighted by Crippen LogP contribution is 2.14. The lowest BCUT2D eigenvalue weighted by Crippen LogP contribution is -2.25. The minimum atomic E-state index is -0.198. The molecule has 0 saturated carbocycles. The minimum Gasteiger partial charge on any atom is -0.396 e. The van der Waals surface area contributed by atoms with Gasteiger partial charge in [-0.1, -0.05) is 17.2 Å². The number of aliphatic hydroxyl groups is 1. The van der Waals surface area contributed by atoms with Crippen molar-refractivity contribution in [3.8, 4) is 0 Å². The Balaban J connectivity index is 2.00. The molecule has 0 aliphatic rings. The summed E-state index contributed by atoms with van der Waals surface area (Å²) in [5.41, 5.74) is 3.83. The van der Waals surface area contributed by atoms with Crippen molar-refractivity contribution >= 4 is 17.5 Å². The van der Waals surface area contributed by atoms with E-state index < -0.39 is 0 Å². The highest BCUT2D eigenvalue weighted by Gasteiger charge is 2.09. The van der Waals surface area contributed by atoms with Crippen molar-refractivity contribution in [1.82, 2.24) is 5.32 Å². The summed E-state index contributed by atoms with van der Waals surface area (Å²) in [7, 11) is 0. The summed E-state index contributed by atoms with van der Waals surface area (Å²) in [5, 5.41) is 14.2. The molecule has 0 aliphatic carbocycles. The molecule has 2 aromatic rings. The van der Waals surface area contributed by atoms with E-state index in [9.17, 15) is 9.59 Å². The zero-order valence-corrected chi connectivity index (χ0v) is 13.9. The molecular weight excluding hydrogens is 304 g/mol. The van der Waals surface area contributed by atoms with Crippen LogP contribution >= 0.6 is 0 Å². The van der Waals surface area contributed by atoms with Crippen LogP contribution in [0.15, 0.2) is 42.5 Å². The molecule has 3 N–H and O–H groups in total. The second kappa shape index (κ2) is 8.26. The molecule has 0 heterocycles. The predicted octanol–water partition coefficient (Wildman–Crippen LogP) is 2.67. The first-order valence-corrected chi connectivity index (χ1v) is 7.88. The molecule has 0 aliphatic heterocycles. The summed E-state index contributed by atoms with van der Waals surface area (Å²) in [6, 6.07) is 12.4. The van der Waals surface area contributed by atoms with Crippen LogP contribution in [-0.4, -0.2) is 30.1 Å². The lowest BCUT2D eigenvalue weighted by molar-refractivity contribution is 0.0950. The summed E-state index contributed by atoms with van der Waals surface area (Å²) < 4.78 is 0. The summed E-state index contributed by atoms with van der Waals surface area (Å²) >= 11 is 0. The number of anilines is 1. The molecule has 0 atom stereocenters. The molecule has 0 radical (unpaired) electrons. The Hall–Kier alpha value is -2.66. The van der Waals surface area contributed by atoms with Gasteiger partial charge >= 0.3 is 0 Å². The van der Waals surface area contributed by atoms with Gasteiger partial charge in [-0.05, 0) is 56.7 Å². The smallest absolute Gasteiger partial charge is 0.255 e. The highest BCUT2D eigenvalue weighted by atomic mass is 16.3. The number of amides is 2. The molecule has 2 aromatic carbocycles. The van der Waals surface area contributed by atoms with Crippen molar-refractivity contribution in [2.24, 2.45) is 0 Å². The molecule has 0 spiro atoms. The molecule has 0 unspecified atom stereocenters. The van der Waals surface area contributed by atoms with E-state index in [4.69, 9.17) is 5.11 Å². The number of aryl methyl sites for hydroxylation is 2. The van der Waals surface area contributed by atoms with Crippen molar-refractivity contribution in [2.75, 3.05) is 18.5 Å². The van der Waals surface area contributed by atoms with Crippen LogP contribution in [0.5, 0.6) is 0 Å². The molecule has 24 heavy (non-hydrogen) atoms. The van der Waals surface area contributed by atoms with E-state index >= 15 is 0 Å². The van der Waals surface area contributed by atoms with Crippen molar-refractivity contribution in [2.45, 2.75) is 20.3 Å². The summed E-state index contributed by atoms with van der Waals surface area (Å²) in [5.74, 6) is -0.377. The number of hydrogen-bond donors (Lipinski definition) is 3. The van der Waals surface area contributed by atoms with E-state index in [1.807, 2.05) is 32.0 Å². The molecule has 2 amide bonds. The Morgan fingerprint density at radius 2 is 1.54 bits per heavy atom. The van der Waals surface area contributed by atoms with Gasteiger partial charge in [0.25, 0.3) is 11.8 Å². The van der Waals surface area contributed by atoms with Crippen LogP contribution in [0.4, 0.5) is 5.69 Å². The predicted molar refractivity (Wildman–Crippen MR) is 94.3 cm³/mol. The summed E-state index contributed by atoms with van der Waals surface area (Å²) in [6.07, 6.45) is 0.524. The summed E-state index contributed by atoms with van der Waals surface area (Å²) in [6.45, 7) is 4.38. The lowest BCUT2D eigenvalue weighted by atomic mass is 10.1. The van der Waals surface area contributed by atoms with Crippen LogP contribution in [0.25, 0.3) is 0 Å². The number of benzene rings is 2. The molecule has 0 bridgehead atoms. The molecule has 2 rings (SSSR count). The molecule has 5 heteroatoms. The fourth-order valence-electron chi connectivity index (χ4n) is 2.40. The van der Waals surface area contributed by atoms with E-state index in [1.54, 1.807) is 24.3 Å². The van der Waals surface area contributed by atoms with E-state index in [0.717, 1.165) is 11.1 Å². The number of nitrogens with one attached hydrogen (secondary N) is 2. The van der Waals surface area contributed by atoms with Crippen LogP contribution in [0.1, 0.15) is 38.3 Å². The summed E-state index contributed by atoms with van der Waals surface area (Å²) in [4.78, 5) is 24.2. The van der Waals surface area contributed by atoms with Gasteiger partial charge in [-0.2, -0.15) is 0 Å². The minimum absolute atomic E-state index is 0.0453. The van der Waals surface area contributed by atoms with E-state index in [2.05, 4.69) is 10.6 Å². The maximum atomic E-state index is 12.3. The number of aliphatic hydroxyl groups excluding tert-OH is 1. The van der Waals surface area contributed by atoms with Gasteiger partial charge < -0.3 is 15.7 Å². The van der Waals surface area contributed by atoms with E-state index in [0.29, 0.717) is 29.8 Å². The molecule has 0 fully saturated rings. The van der Waals surface area contributed by atoms with Crippen LogP contribution in [-0.2, 0) is 0 Å². The van der Waals surface area contributed by atoms with Crippen LogP contribution in [0.3, 0.4) is 0 Å². The maximum absolute atomic E-state index is 12.3. The van der Waals surface area contributed by atoms with Gasteiger partial charge in [-0.15, -0.1) is 0 Å². The van der Waals surface area contributed by atoms with Crippen LogP contribution < -0.4 is 10.6 Å². The normalized spacial score (nSPS) is 10.3. The lowest BCUT2D eigenvalue weighted by Gasteiger charge is -2.08. The third-order valence-corrected chi connectivity index (χ3v) is 3.51. The number of carbonyl (C=O) groups is 2. The number of hydrogen-bond acceptors (Lipinski definition) is 3. The Kier molecular flexibility index (Phi) is 6.09. The van der Waals surface area contributed by atoms with Crippen molar-refractivity contribution in [3.63, 3.8) is 0 Å². The Bertz CT molecular complexity index is 704. The molecular formula is C19H22N2O3. The largest absolute Gasteiger partial charge is 0.396 e. The second-order valence-corrected chi connectivity index (χ2v) is 5.74. The zero-order chi connectivity index (χ0) is 17.5. The quantitative estimate of drug-likeness (QED) is 0.714. The van der Waals surface area contributed by atoms with Crippen molar-refractivity contribution in [3.05, 3.63) is 64.7 Å². The molecule has 5 nitrogen and oxygen atoms in total. The van der Waals surface area contributed by atoms with Crippen LogP contribution in [0, 0.1) is 13.8 Å². The third-order valence-electron chi connectivity index (χ3n) is 3.51. The average molecular weight is 326 g/mol. The Morgan fingerprint density at radius 3 is 2.12 bits per heavy atom. The standard InChI is InChI=1S/C19H22N2O3/c1-13-10-14(2)12-16(11-13)19(24)21-17-6-4-15(5-7-17)18(23)20-8-3-9-22/h4-7,10-12,22H,3,8-9H2,1-2H3,(H,20,23)(H,21,24). The fourth-order valence-corrected chi connectivity index (χ4v) is 2.40. The topological polar surface area (TPSA) is 78.4 Å². The Labute approximate surface area is 141 Å². The van der Waals surface area contributed by atoms with Gasteiger partial charge in [0.2, 0.25) is 0 Å². The average Bonchev–Trinajstić information content (AvgIpc) is 2.54. The SMILES string of the molecule is Cc1cc(C)cc(C(=O)Nc2ccc(C(=O)NCCCO)cc2)c1. The Morgan fingerprint density at radius 1 is 0.917 bits per heavy atom.